The van der Waals surface area contributed by atoms with Crippen LogP contribution in [-0.2, 0) is 22.6 Å². The third kappa shape index (κ3) is 7.71. The van der Waals surface area contributed by atoms with Crippen LogP contribution in [0.3, 0.4) is 0 Å². The number of ether oxygens (including phenoxy) is 2. The molecule has 2 aromatic heterocycles. The van der Waals surface area contributed by atoms with E-state index in [0.717, 1.165) is 19.3 Å². The molecule has 2 aromatic carbocycles. The Morgan fingerprint density at radius 1 is 1.00 bits per heavy atom. The molecule has 0 bridgehead atoms. The topological polar surface area (TPSA) is 109 Å². The van der Waals surface area contributed by atoms with Gasteiger partial charge in [0.25, 0.3) is 0 Å². The van der Waals surface area contributed by atoms with Crippen LogP contribution >= 0.6 is 23.2 Å². The lowest BCUT2D eigenvalue weighted by Crippen LogP contribution is -2.35. The van der Waals surface area contributed by atoms with Gasteiger partial charge in [-0.3, -0.25) is 9.78 Å². The van der Waals surface area contributed by atoms with Crippen LogP contribution < -0.4 is 26.0 Å². The lowest BCUT2D eigenvalue weighted by atomic mass is 10.0. The number of halogens is 4. The normalized spacial score (nSPS) is 16.6. The molecule has 1 amide bonds. The number of rotatable bonds is 12. The number of hydrogen-bond donors (Lipinski definition) is 4. The quantitative estimate of drug-likeness (QED) is 0.128. The van der Waals surface area contributed by atoms with Crippen molar-refractivity contribution >= 4 is 40.6 Å². The molecule has 4 aromatic rings. The summed E-state index contributed by atoms with van der Waals surface area (Å²) in [6.45, 7) is 2.48. The molecular formula is C35H36Cl2F2N6O3. The van der Waals surface area contributed by atoms with Gasteiger partial charge in [0.05, 0.1) is 28.5 Å². The maximum atomic E-state index is 15.5. The highest BCUT2D eigenvalue weighted by atomic mass is 35.5. The fraction of sp³-hybridized carbons (Fsp3) is 0.343. The van der Waals surface area contributed by atoms with Crippen molar-refractivity contribution in [2.45, 2.75) is 50.9 Å². The molecule has 4 heterocycles. The van der Waals surface area contributed by atoms with E-state index >= 15 is 8.78 Å². The highest BCUT2D eigenvalue weighted by Gasteiger charge is 2.22. The zero-order valence-electron chi connectivity index (χ0n) is 26.3. The third-order valence-corrected chi connectivity index (χ3v) is 9.42. The zero-order chi connectivity index (χ0) is 33.6. The van der Waals surface area contributed by atoms with Crippen LogP contribution in [0.25, 0.3) is 22.4 Å². The second-order valence-corrected chi connectivity index (χ2v) is 12.5. The molecule has 2 saturated heterocycles. The first-order valence-electron chi connectivity index (χ1n) is 15.8. The van der Waals surface area contributed by atoms with E-state index in [-0.39, 0.29) is 35.4 Å². The van der Waals surface area contributed by atoms with E-state index < -0.39 is 11.6 Å². The van der Waals surface area contributed by atoms with Gasteiger partial charge in [-0.25, -0.2) is 13.8 Å². The minimum atomic E-state index is -0.487. The summed E-state index contributed by atoms with van der Waals surface area (Å²) in [6.07, 6.45) is 6.13. The van der Waals surface area contributed by atoms with E-state index in [4.69, 9.17) is 32.7 Å². The van der Waals surface area contributed by atoms with Crippen molar-refractivity contribution in [2.24, 2.45) is 0 Å². The summed E-state index contributed by atoms with van der Waals surface area (Å²) in [5.74, 6) is -0.550. The molecular weight excluding hydrogens is 661 g/mol. The average Bonchev–Trinajstić information content (AvgIpc) is 3.51. The van der Waals surface area contributed by atoms with Gasteiger partial charge in [-0.05, 0) is 49.6 Å². The molecule has 0 radical (unpaired) electrons. The van der Waals surface area contributed by atoms with E-state index in [2.05, 4.69) is 31.2 Å². The molecule has 2 aliphatic heterocycles. The van der Waals surface area contributed by atoms with Crippen LogP contribution in [-0.4, -0.2) is 54.8 Å². The maximum absolute atomic E-state index is 15.5. The van der Waals surface area contributed by atoms with E-state index in [1.54, 1.807) is 48.8 Å². The highest BCUT2D eigenvalue weighted by Crippen LogP contribution is 2.42. The summed E-state index contributed by atoms with van der Waals surface area (Å²) >= 11 is 13.8. The van der Waals surface area contributed by atoms with Crippen molar-refractivity contribution in [3.8, 4) is 28.1 Å². The first kappa shape index (κ1) is 34.0. The molecule has 1 atom stereocenters. The van der Waals surface area contributed by atoms with E-state index in [9.17, 15) is 4.79 Å². The van der Waals surface area contributed by atoms with Gasteiger partial charge in [-0.15, -0.1) is 0 Å². The molecule has 6 rings (SSSR count). The second kappa shape index (κ2) is 15.6. The Labute approximate surface area is 287 Å². The van der Waals surface area contributed by atoms with Gasteiger partial charge in [0.1, 0.15) is 11.6 Å². The molecule has 0 unspecified atom stereocenters. The second-order valence-electron chi connectivity index (χ2n) is 11.8. The number of amides is 1. The Bertz CT molecular complexity index is 1790. The fourth-order valence-corrected chi connectivity index (χ4v) is 6.58. The zero-order valence-corrected chi connectivity index (χ0v) is 27.9. The van der Waals surface area contributed by atoms with Gasteiger partial charge < -0.3 is 30.7 Å². The molecule has 4 N–H and O–H groups in total. The van der Waals surface area contributed by atoms with Crippen LogP contribution in [0.4, 0.5) is 20.3 Å². The third-order valence-electron chi connectivity index (χ3n) is 8.63. The van der Waals surface area contributed by atoms with Gasteiger partial charge in [-0.2, -0.15) is 0 Å². The fourth-order valence-electron chi connectivity index (χ4n) is 5.98. The van der Waals surface area contributed by atoms with Gasteiger partial charge in [0.15, 0.2) is 11.6 Å². The summed E-state index contributed by atoms with van der Waals surface area (Å²) in [7, 11) is 1.47. The summed E-state index contributed by atoms with van der Waals surface area (Å²) in [5.41, 5.74) is 3.16. The molecule has 13 heteroatoms. The largest absolute Gasteiger partial charge is 0.496 e. The Kier molecular flexibility index (Phi) is 11.0. The molecule has 9 nitrogen and oxygen atoms in total. The van der Waals surface area contributed by atoms with Crippen molar-refractivity contribution in [3.63, 3.8) is 0 Å². The van der Waals surface area contributed by atoms with Crippen molar-refractivity contribution < 1.29 is 23.0 Å². The predicted molar refractivity (Wildman–Crippen MR) is 183 cm³/mol. The van der Waals surface area contributed by atoms with Crippen molar-refractivity contribution in [3.05, 3.63) is 87.7 Å². The number of carbonyl (C=O) groups excluding carboxylic acids is 1. The van der Waals surface area contributed by atoms with Crippen LogP contribution in [0.15, 0.2) is 54.9 Å². The van der Waals surface area contributed by atoms with Gasteiger partial charge >= 0.3 is 0 Å². The number of anilines is 2. The summed E-state index contributed by atoms with van der Waals surface area (Å²) in [6, 6.07) is 12.0. The molecule has 2 aliphatic rings. The monoisotopic (exact) mass is 696 g/mol. The van der Waals surface area contributed by atoms with Crippen molar-refractivity contribution in [1.82, 2.24) is 25.9 Å². The number of methoxy groups -OCH3 is 1. The number of benzene rings is 2. The molecule has 0 saturated carbocycles. The van der Waals surface area contributed by atoms with Gasteiger partial charge in [0.2, 0.25) is 5.91 Å². The number of hydrogen-bond acceptors (Lipinski definition) is 8. The van der Waals surface area contributed by atoms with Gasteiger partial charge in [0, 0.05) is 91.6 Å². The molecule has 0 spiro atoms. The molecule has 0 aliphatic carbocycles. The van der Waals surface area contributed by atoms with E-state index in [0.29, 0.717) is 82.7 Å². The molecule has 2 fully saturated rings. The van der Waals surface area contributed by atoms with Crippen LogP contribution in [0.5, 0.6) is 5.75 Å². The van der Waals surface area contributed by atoms with Crippen LogP contribution in [0, 0.1) is 11.6 Å². The highest BCUT2D eigenvalue weighted by molar-refractivity contribution is 6.39. The predicted octanol–water partition coefficient (Wildman–Crippen LogP) is 6.78. The number of aromatic nitrogens is 2. The van der Waals surface area contributed by atoms with Gasteiger partial charge in [-0.1, -0.05) is 35.3 Å². The number of nitrogens with zero attached hydrogens (tertiary/aromatic N) is 2. The van der Waals surface area contributed by atoms with E-state index in [1.807, 2.05) is 0 Å². The minimum Gasteiger partial charge on any atom is -0.496 e. The van der Waals surface area contributed by atoms with Crippen molar-refractivity contribution in [1.29, 1.82) is 0 Å². The number of pyridine rings is 2. The lowest BCUT2D eigenvalue weighted by Gasteiger charge is -2.23. The molecule has 252 valence electrons. The average molecular weight is 698 g/mol. The Balaban J connectivity index is 1.21. The molecule has 48 heavy (non-hydrogen) atoms. The maximum Gasteiger partial charge on any atom is 0.220 e. The standard InChI is InChI=1S/C35H36Cl2F2N6O3/c1-47-29-16-21(15-27(38)26(29)19-40-18-23-5-6-30(46)44-23)34-32(37)25(8-12-41-34)24-3-2-4-28(31(24)36)45-35-33(39)20(7-11-42-35)17-43-22-9-13-48-14-10-22/h2-4,7-8,11-12,15-16,22-23,40,43H,5-6,9-10,13-14,17-19H2,1H3,(H,42,45)(H,44,46)/t23-/m1/s1. The summed E-state index contributed by atoms with van der Waals surface area (Å²) in [4.78, 5) is 20.2. The SMILES string of the molecule is COc1cc(-c2nccc(-c3cccc(Nc4nccc(CNC5CCOCC5)c4F)c3Cl)c2Cl)cc(F)c1CNC[C@H]1CCC(=O)N1. The summed E-state index contributed by atoms with van der Waals surface area (Å²) < 4.78 is 42.0. The van der Waals surface area contributed by atoms with E-state index in [1.165, 1.54) is 13.2 Å². The summed E-state index contributed by atoms with van der Waals surface area (Å²) in [5, 5.41) is 13.1. The number of carbonyl (C=O) groups is 1. The minimum absolute atomic E-state index is 0.0158. The lowest BCUT2D eigenvalue weighted by molar-refractivity contribution is -0.119. The first-order valence-corrected chi connectivity index (χ1v) is 16.6. The number of nitrogens with one attached hydrogen (secondary N) is 4. The van der Waals surface area contributed by atoms with Crippen LogP contribution in [0.1, 0.15) is 36.8 Å². The smallest absolute Gasteiger partial charge is 0.220 e. The Hall–Kier alpha value is -3.87. The Morgan fingerprint density at radius 2 is 1.79 bits per heavy atom. The first-order chi connectivity index (χ1) is 23.3. The van der Waals surface area contributed by atoms with Crippen LogP contribution in [0.2, 0.25) is 10.0 Å². The Morgan fingerprint density at radius 3 is 2.56 bits per heavy atom. The van der Waals surface area contributed by atoms with Crippen molar-refractivity contribution in [2.75, 3.05) is 32.2 Å².